The topological polar surface area (TPSA) is 63.7 Å². The molecule has 32 heavy (non-hydrogen) atoms. The molecular weight excluding hydrogens is 402 g/mol. The maximum Gasteiger partial charge on any atom is 0.410 e. The van der Waals surface area contributed by atoms with E-state index in [0.29, 0.717) is 5.41 Å². The number of hydrogen-bond acceptors (Lipinski definition) is 5. The molecule has 5 rings (SSSR count). The van der Waals surface area contributed by atoms with Gasteiger partial charge in [0.05, 0.1) is 18.0 Å². The Bertz CT molecular complexity index is 980. The van der Waals surface area contributed by atoms with E-state index in [4.69, 9.17) is 9.47 Å². The van der Waals surface area contributed by atoms with Crippen LogP contribution in [0.3, 0.4) is 0 Å². The van der Waals surface area contributed by atoms with E-state index >= 15 is 0 Å². The predicted octanol–water partition coefficient (Wildman–Crippen LogP) is 5.28. The maximum atomic E-state index is 12.3. The van der Waals surface area contributed by atoms with Crippen LogP contribution in [0.25, 0.3) is 11.3 Å². The van der Waals surface area contributed by atoms with Crippen molar-refractivity contribution in [2.24, 2.45) is 5.41 Å². The lowest BCUT2D eigenvalue weighted by atomic mass is 9.61. The minimum atomic E-state index is -0.442. The van der Waals surface area contributed by atoms with Gasteiger partial charge in [0.25, 0.3) is 0 Å². The van der Waals surface area contributed by atoms with Crippen LogP contribution >= 0.6 is 0 Å². The van der Waals surface area contributed by atoms with Crippen molar-refractivity contribution in [2.75, 3.05) is 25.0 Å². The minimum Gasteiger partial charge on any atom is -0.489 e. The van der Waals surface area contributed by atoms with E-state index in [2.05, 4.69) is 34.6 Å². The van der Waals surface area contributed by atoms with Crippen molar-refractivity contribution in [3.63, 3.8) is 0 Å². The van der Waals surface area contributed by atoms with E-state index in [1.54, 1.807) is 0 Å². The summed E-state index contributed by atoms with van der Waals surface area (Å²) in [6.07, 6.45) is 7.09. The van der Waals surface area contributed by atoms with Crippen molar-refractivity contribution >= 4 is 11.8 Å². The molecule has 1 aromatic carbocycles. The zero-order valence-corrected chi connectivity index (χ0v) is 19.3. The summed E-state index contributed by atoms with van der Waals surface area (Å²) >= 11 is 0. The van der Waals surface area contributed by atoms with E-state index < -0.39 is 5.60 Å². The van der Waals surface area contributed by atoms with Gasteiger partial charge < -0.3 is 19.7 Å². The summed E-state index contributed by atoms with van der Waals surface area (Å²) < 4.78 is 11.7. The van der Waals surface area contributed by atoms with Gasteiger partial charge >= 0.3 is 6.09 Å². The molecule has 6 heteroatoms. The number of carbonyl (C=O) groups excluding carboxylic acids is 1. The highest BCUT2D eigenvalue weighted by atomic mass is 16.6. The smallest absolute Gasteiger partial charge is 0.410 e. The Morgan fingerprint density at radius 3 is 2.62 bits per heavy atom. The average Bonchev–Trinajstić information content (AvgIpc) is 3.21. The highest BCUT2D eigenvalue weighted by molar-refractivity contribution is 5.73. The summed E-state index contributed by atoms with van der Waals surface area (Å²) in [5, 5.41) is 3.43. The summed E-state index contributed by atoms with van der Waals surface area (Å²) in [6.45, 7) is 8.27. The molecule has 1 saturated carbocycles. The number of benzene rings is 1. The van der Waals surface area contributed by atoms with E-state index in [1.807, 2.05) is 37.9 Å². The molecule has 0 radical (unpaired) electrons. The second kappa shape index (κ2) is 7.98. The van der Waals surface area contributed by atoms with Crippen LogP contribution in [0.1, 0.15) is 52.0 Å². The number of piperidine rings is 1. The van der Waals surface area contributed by atoms with Gasteiger partial charge in [0.15, 0.2) is 0 Å². The molecule has 6 nitrogen and oxygen atoms in total. The van der Waals surface area contributed by atoms with Crippen molar-refractivity contribution in [2.45, 2.75) is 64.6 Å². The molecule has 0 unspecified atom stereocenters. The Labute approximate surface area is 190 Å². The first-order chi connectivity index (χ1) is 15.3. The number of likely N-dealkylation sites (tertiary alicyclic amines) is 1. The lowest BCUT2D eigenvalue weighted by Crippen LogP contribution is -2.52. The van der Waals surface area contributed by atoms with Gasteiger partial charge in [-0.05, 0) is 82.1 Å². The number of anilines is 1. The molecule has 1 aliphatic carbocycles. The van der Waals surface area contributed by atoms with E-state index in [0.717, 1.165) is 63.2 Å². The lowest BCUT2D eigenvalue weighted by Gasteiger charge is -2.51. The largest absolute Gasteiger partial charge is 0.489 e. The molecule has 3 heterocycles. The number of hydrogen-bond donors (Lipinski definition) is 1. The first-order valence-corrected chi connectivity index (χ1v) is 11.8. The standard InChI is InChI=1S/C26H33N3O3/c1-25(2,3)32-24(30)29-13-10-26(11-14-29)15-19(16-26)31-18-7-8-23(28-17-18)20-5-4-6-22-21(20)9-12-27-22/h4-8,17,19,27H,9-16H2,1-3H3. The number of ether oxygens (including phenoxy) is 2. The summed E-state index contributed by atoms with van der Waals surface area (Å²) in [6, 6.07) is 10.5. The number of nitrogens with zero attached hydrogens (tertiary/aromatic N) is 2. The molecule has 1 N–H and O–H groups in total. The average molecular weight is 436 g/mol. The Balaban J connectivity index is 1.13. The number of aromatic nitrogens is 1. The molecule has 2 fully saturated rings. The van der Waals surface area contributed by atoms with Gasteiger partial charge in [-0.15, -0.1) is 0 Å². The van der Waals surface area contributed by atoms with Gasteiger partial charge in [0, 0.05) is 30.9 Å². The van der Waals surface area contributed by atoms with Gasteiger partial charge in [0.2, 0.25) is 0 Å². The van der Waals surface area contributed by atoms with Crippen LogP contribution in [0.15, 0.2) is 36.5 Å². The van der Waals surface area contributed by atoms with Crippen molar-refractivity contribution in [3.8, 4) is 17.0 Å². The van der Waals surface area contributed by atoms with Crippen LogP contribution in [0, 0.1) is 5.41 Å². The van der Waals surface area contributed by atoms with Crippen LogP contribution in [0.2, 0.25) is 0 Å². The van der Waals surface area contributed by atoms with Crippen LogP contribution in [-0.2, 0) is 11.2 Å². The monoisotopic (exact) mass is 435 g/mol. The Kier molecular flexibility index (Phi) is 5.26. The molecule has 1 aromatic heterocycles. The van der Waals surface area contributed by atoms with Crippen LogP contribution in [0.5, 0.6) is 5.75 Å². The Morgan fingerprint density at radius 2 is 1.94 bits per heavy atom. The third-order valence-electron chi connectivity index (χ3n) is 6.98. The molecule has 1 spiro atoms. The molecule has 1 saturated heterocycles. The van der Waals surface area contributed by atoms with Crippen molar-refractivity contribution in [1.29, 1.82) is 0 Å². The fourth-order valence-electron chi connectivity index (χ4n) is 5.27. The third kappa shape index (κ3) is 4.27. The summed E-state index contributed by atoms with van der Waals surface area (Å²) in [5.41, 5.74) is 4.65. The summed E-state index contributed by atoms with van der Waals surface area (Å²) in [7, 11) is 0. The third-order valence-corrected chi connectivity index (χ3v) is 6.98. The molecule has 3 aliphatic rings. The van der Waals surface area contributed by atoms with Gasteiger partial charge in [-0.25, -0.2) is 4.79 Å². The van der Waals surface area contributed by atoms with Gasteiger partial charge in [0.1, 0.15) is 11.4 Å². The van der Waals surface area contributed by atoms with Crippen molar-refractivity contribution < 1.29 is 14.3 Å². The lowest BCUT2D eigenvalue weighted by molar-refractivity contribution is -0.0584. The molecular formula is C26H33N3O3. The first-order valence-electron chi connectivity index (χ1n) is 11.8. The molecule has 2 aromatic rings. The minimum absolute atomic E-state index is 0.189. The van der Waals surface area contributed by atoms with Crippen LogP contribution in [-0.4, -0.2) is 47.3 Å². The molecule has 0 atom stereocenters. The quantitative estimate of drug-likeness (QED) is 0.711. The van der Waals surface area contributed by atoms with Gasteiger partial charge in [-0.2, -0.15) is 0 Å². The van der Waals surface area contributed by atoms with Crippen molar-refractivity contribution in [3.05, 3.63) is 42.1 Å². The summed E-state index contributed by atoms with van der Waals surface area (Å²) in [5.74, 6) is 0.838. The van der Waals surface area contributed by atoms with Gasteiger partial charge in [-0.1, -0.05) is 12.1 Å². The number of pyridine rings is 1. The summed E-state index contributed by atoms with van der Waals surface area (Å²) in [4.78, 5) is 18.8. The zero-order valence-electron chi connectivity index (χ0n) is 19.3. The number of nitrogens with one attached hydrogen (secondary N) is 1. The highest BCUT2D eigenvalue weighted by Gasteiger charge is 2.48. The molecule has 2 aliphatic heterocycles. The second-order valence-corrected chi connectivity index (χ2v) is 10.5. The number of amides is 1. The first kappa shape index (κ1) is 21.1. The molecule has 170 valence electrons. The van der Waals surface area contributed by atoms with Crippen LogP contribution < -0.4 is 10.1 Å². The zero-order chi connectivity index (χ0) is 22.3. The Morgan fingerprint density at radius 1 is 1.16 bits per heavy atom. The van der Waals surface area contributed by atoms with E-state index in [-0.39, 0.29) is 12.2 Å². The van der Waals surface area contributed by atoms with Gasteiger partial charge in [-0.3, -0.25) is 4.98 Å². The predicted molar refractivity (Wildman–Crippen MR) is 125 cm³/mol. The molecule has 1 amide bonds. The fraction of sp³-hybridized carbons (Fsp3) is 0.538. The second-order valence-electron chi connectivity index (χ2n) is 10.5. The molecule has 0 bridgehead atoms. The van der Waals surface area contributed by atoms with E-state index in [1.165, 1.54) is 16.8 Å². The van der Waals surface area contributed by atoms with Crippen molar-refractivity contribution in [1.82, 2.24) is 9.88 Å². The normalized spacial score (nSPS) is 19.8. The Hall–Kier alpha value is -2.76. The van der Waals surface area contributed by atoms with Crippen LogP contribution in [0.4, 0.5) is 10.5 Å². The highest BCUT2D eigenvalue weighted by Crippen LogP contribution is 2.50. The SMILES string of the molecule is CC(C)(C)OC(=O)N1CCC2(CC1)CC(Oc1ccc(-c3cccc4c3CCN4)nc1)C2. The fourth-order valence-corrected chi connectivity index (χ4v) is 5.27. The van der Waals surface area contributed by atoms with E-state index in [9.17, 15) is 4.79 Å². The maximum absolute atomic E-state index is 12.3. The number of carbonyl (C=O) groups is 1. The number of fused-ring (bicyclic) bond motifs is 1. The number of rotatable bonds is 3.